The molecule has 0 bridgehead atoms. The number of hydrogen-bond donors (Lipinski definition) is 0. The molecule has 0 fully saturated rings. The van der Waals surface area contributed by atoms with E-state index in [0.29, 0.717) is 0 Å². The van der Waals surface area contributed by atoms with Crippen molar-refractivity contribution in [3.63, 3.8) is 0 Å². The van der Waals surface area contributed by atoms with Gasteiger partial charge in [0.1, 0.15) is 0 Å². The number of benzene rings is 11. The van der Waals surface area contributed by atoms with Crippen molar-refractivity contribution < 1.29 is 0 Å². The highest BCUT2D eigenvalue weighted by molar-refractivity contribution is 6.29. The average Bonchev–Trinajstić information content (AvgIpc) is 3.89. The van der Waals surface area contributed by atoms with Gasteiger partial charge in [0.15, 0.2) is 5.84 Å². The molecule has 0 aromatic heterocycles. The normalized spacial score (nSPS) is 15.5. The van der Waals surface area contributed by atoms with E-state index in [9.17, 15) is 0 Å². The number of hydrogen-bond acceptors (Lipinski definition) is 2. The van der Waals surface area contributed by atoms with Gasteiger partial charge >= 0.3 is 0 Å². The van der Waals surface area contributed by atoms with Gasteiger partial charge in [0.2, 0.25) is 0 Å². The monoisotopic (exact) mass is 890 g/mol. The predicted octanol–water partition coefficient (Wildman–Crippen LogP) is 17.3. The quantitative estimate of drug-likeness (QED) is 0.154. The van der Waals surface area contributed by atoms with Crippen LogP contribution in [0.4, 0.5) is 0 Å². The third-order valence-electron chi connectivity index (χ3n) is 15.4. The summed E-state index contributed by atoms with van der Waals surface area (Å²) in [6, 6.07) is 87.2. The number of allylic oxidation sites excluding steroid dienone is 1. The highest BCUT2D eigenvalue weighted by Gasteiger charge is 2.51. The fourth-order valence-electron chi connectivity index (χ4n) is 12.2. The first kappa shape index (κ1) is 40.4. The molecule has 11 aromatic carbocycles. The van der Waals surface area contributed by atoms with E-state index in [0.717, 1.165) is 46.8 Å². The average molecular weight is 891 g/mol. The number of amidine groups is 1. The van der Waals surface area contributed by atoms with Crippen LogP contribution in [0, 0.1) is 0 Å². The fraction of sp³-hybridized carbons (Fsp3) is 0.0588. The summed E-state index contributed by atoms with van der Waals surface area (Å²) < 4.78 is 0. The highest BCUT2D eigenvalue weighted by Crippen LogP contribution is 2.63. The molecule has 0 radical (unpaired) electrons. The van der Waals surface area contributed by atoms with E-state index < -0.39 is 0 Å². The van der Waals surface area contributed by atoms with Crippen molar-refractivity contribution in [2.24, 2.45) is 9.98 Å². The molecular weight excluding hydrogens is 845 g/mol. The van der Waals surface area contributed by atoms with Gasteiger partial charge < -0.3 is 0 Å². The van der Waals surface area contributed by atoms with Crippen LogP contribution in [0.1, 0.15) is 58.7 Å². The summed E-state index contributed by atoms with van der Waals surface area (Å²) in [4.78, 5) is 10.9. The van der Waals surface area contributed by atoms with Crippen molar-refractivity contribution >= 4 is 49.6 Å². The minimum Gasteiger partial charge on any atom is -0.232 e. The first-order valence-electron chi connectivity index (χ1n) is 24.5. The number of rotatable bonds is 5. The number of aliphatic imine (C=N–C) groups is 2. The van der Waals surface area contributed by atoms with Gasteiger partial charge in [-0.3, -0.25) is 0 Å². The van der Waals surface area contributed by atoms with E-state index in [1.54, 1.807) is 0 Å². The summed E-state index contributed by atoms with van der Waals surface area (Å²) in [7, 11) is 0. The summed E-state index contributed by atoms with van der Waals surface area (Å²) >= 11 is 0. The van der Waals surface area contributed by atoms with Crippen LogP contribution in [0.2, 0.25) is 0 Å². The highest BCUT2D eigenvalue weighted by atomic mass is 14.9. The molecule has 0 saturated heterocycles. The summed E-state index contributed by atoms with van der Waals surface area (Å²) in [6.07, 6.45) is 1.66. The lowest BCUT2D eigenvalue weighted by Gasteiger charge is -2.30. The summed E-state index contributed by atoms with van der Waals surface area (Å²) in [5.41, 5.74) is 21.7. The SMILES string of the molecule is C/C1=C(/c2ccc3c(c2)c2ccccc2c2cccc(-c4ccc5c(c4)-c4ccccc4C54c5ccccc5-c5ccccc54)c23)N=C(c2ccccc2)N=C(c2ccc(-c3ccccc3)cc2)CC1. The molecule has 0 saturated carbocycles. The van der Waals surface area contributed by atoms with Crippen LogP contribution < -0.4 is 0 Å². The van der Waals surface area contributed by atoms with Crippen LogP contribution in [-0.2, 0) is 5.41 Å². The van der Waals surface area contributed by atoms with Crippen molar-refractivity contribution in [2.75, 3.05) is 0 Å². The molecule has 3 aliphatic rings. The van der Waals surface area contributed by atoms with Crippen molar-refractivity contribution in [3.8, 4) is 44.5 Å². The van der Waals surface area contributed by atoms with Gasteiger partial charge in [0.25, 0.3) is 0 Å². The second kappa shape index (κ2) is 15.9. The maximum Gasteiger partial charge on any atom is 0.160 e. The topological polar surface area (TPSA) is 24.7 Å². The van der Waals surface area contributed by atoms with E-state index in [-0.39, 0.29) is 5.41 Å². The molecule has 70 heavy (non-hydrogen) atoms. The van der Waals surface area contributed by atoms with Crippen LogP contribution in [0.15, 0.2) is 252 Å². The molecule has 2 nitrogen and oxygen atoms in total. The Bertz CT molecular complexity index is 4000. The Morgan fingerprint density at radius 3 is 1.49 bits per heavy atom. The Balaban J connectivity index is 0.928. The third-order valence-corrected chi connectivity index (χ3v) is 15.4. The van der Waals surface area contributed by atoms with E-state index in [4.69, 9.17) is 9.98 Å². The predicted molar refractivity (Wildman–Crippen MR) is 294 cm³/mol. The van der Waals surface area contributed by atoms with Crippen molar-refractivity contribution in [2.45, 2.75) is 25.2 Å². The maximum absolute atomic E-state index is 5.53. The largest absolute Gasteiger partial charge is 0.232 e. The van der Waals surface area contributed by atoms with E-state index >= 15 is 0 Å². The minimum absolute atomic E-state index is 0.372. The van der Waals surface area contributed by atoms with Crippen LogP contribution in [-0.4, -0.2) is 11.5 Å². The molecule has 1 heterocycles. The second-order valence-corrected chi connectivity index (χ2v) is 19.1. The molecule has 0 amide bonds. The summed E-state index contributed by atoms with van der Waals surface area (Å²) in [6.45, 7) is 2.25. The molecule has 328 valence electrons. The Kier molecular flexibility index (Phi) is 9.19. The van der Waals surface area contributed by atoms with Crippen molar-refractivity contribution in [1.82, 2.24) is 0 Å². The van der Waals surface area contributed by atoms with Gasteiger partial charge in [-0.15, -0.1) is 0 Å². The van der Waals surface area contributed by atoms with Crippen LogP contribution in [0.25, 0.3) is 82.5 Å². The van der Waals surface area contributed by atoms with Gasteiger partial charge in [-0.2, -0.15) is 0 Å². The Hall–Kier alpha value is -8.72. The first-order chi connectivity index (χ1) is 34.6. The van der Waals surface area contributed by atoms with Gasteiger partial charge in [0, 0.05) is 11.1 Å². The van der Waals surface area contributed by atoms with Crippen LogP contribution in [0.3, 0.4) is 0 Å². The van der Waals surface area contributed by atoms with Gasteiger partial charge in [0.05, 0.1) is 16.8 Å². The standard InChI is InChI=1S/C68H46N2/c1-43-31-40-64(46-34-32-45(33-35-46)44-17-4-2-5-18-44)69-67(47-19-6-3-7-20-47)70-66(43)49-36-38-57-58(42-49)52-22-9-8-21-51(52)56-27-16-26-50(65(56)57)48-37-39-63-59(41-48)55-25-12-15-30-62(55)68(63)60-28-13-10-23-53(60)54-24-11-14-29-61(54)68/h2-30,32-39,41-42H,31,40H2,1H3/b66-43+,69-64?,70-67?. The summed E-state index contributed by atoms with van der Waals surface area (Å²) in [5, 5.41) is 7.47. The molecule has 0 N–H and O–H groups in total. The Labute approximate surface area is 408 Å². The number of nitrogens with zero attached hydrogens (tertiary/aromatic N) is 2. The summed E-state index contributed by atoms with van der Waals surface area (Å²) in [5.74, 6) is 0.729. The van der Waals surface area contributed by atoms with E-state index in [2.05, 4.69) is 244 Å². The van der Waals surface area contributed by atoms with E-state index in [1.165, 1.54) is 105 Å². The molecule has 1 spiro atoms. The van der Waals surface area contributed by atoms with Gasteiger partial charge in [-0.25, -0.2) is 9.98 Å². The maximum atomic E-state index is 5.53. The Morgan fingerprint density at radius 1 is 0.314 bits per heavy atom. The molecule has 0 atom stereocenters. The third kappa shape index (κ3) is 6.06. The smallest absolute Gasteiger partial charge is 0.160 e. The molecular formula is C68H46N2. The lowest BCUT2D eigenvalue weighted by Crippen LogP contribution is -2.25. The minimum atomic E-state index is -0.372. The molecule has 0 unspecified atom stereocenters. The van der Waals surface area contributed by atoms with E-state index in [1.807, 2.05) is 0 Å². The van der Waals surface area contributed by atoms with Crippen molar-refractivity contribution in [3.05, 3.63) is 281 Å². The molecule has 2 heteroatoms. The zero-order valence-electron chi connectivity index (χ0n) is 38.8. The lowest BCUT2D eigenvalue weighted by molar-refractivity contribution is 0.794. The number of fused-ring (bicyclic) bond motifs is 16. The molecule has 11 aromatic rings. The van der Waals surface area contributed by atoms with Gasteiger partial charge in [-0.1, -0.05) is 224 Å². The fourth-order valence-corrected chi connectivity index (χ4v) is 12.2. The van der Waals surface area contributed by atoms with Crippen LogP contribution in [0.5, 0.6) is 0 Å². The zero-order chi connectivity index (χ0) is 46.3. The first-order valence-corrected chi connectivity index (χ1v) is 24.5. The lowest BCUT2D eigenvalue weighted by atomic mass is 9.70. The molecule has 1 aliphatic heterocycles. The second-order valence-electron chi connectivity index (χ2n) is 19.1. The molecule has 2 aliphatic carbocycles. The van der Waals surface area contributed by atoms with Crippen LogP contribution >= 0.6 is 0 Å². The van der Waals surface area contributed by atoms with Crippen molar-refractivity contribution in [1.29, 1.82) is 0 Å². The Morgan fingerprint density at radius 2 is 0.800 bits per heavy atom. The zero-order valence-corrected chi connectivity index (χ0v) is 38.8. The molecule has 14 rings (SSSR count). The van der Waals surface area contributed by atoms with Gasteiger partial charge in [-0.05, 0) is 142 Å².